The van der Waals surface area contributed by atoms with Gasteiger partial charge in [-0.05, 0) is 45.9 Å². The van der Waals surface area contributed by atoms with Crippen LogP contribution in [0.1, 0.15) is 37.9 Å². The second-order valence-corrected chi connectivity index (χ2v) is 10.0. The Bertz CT molecular complexity index is 1330. The van der Waals surface area contributed by atoms with Crippen LogP contribution in [0.4, 0.5) is 0 Å². The van der Waals surface area contributed by atoms with Crippen molar-refractivity contribution in [2.24, 2.45) is 11.8 Å². The minimum absolute atomic E-state index is 0.0797. The number of nitrogens with zero attached hydrogens (tertiary/aromatic N) is 1. The van der Waals surface area contributed by atoms with E-state index >= 15 is 0 Å². The minimum Gasteiger partial charge on any atom is -0.349 e. The summed E-state index contributed by atoms with van der Waals surface area (Å²) in [4.78, 5) is 56.0. The maximum atomic E-state index is 13.8. The fraction of sp³-hybridized carbons (Fsp3) is 0.185. The molecule has 0 saturated carbocycles. The topological polar surface area (TPSA) is 80.8 Å². The first-order chi connectivity index (χ1) is 16.4. The van der Waals surface area contributed by atoms with Gasteiger partial charge in [-0.2, -0.15) is 0 Å². The van der Waals surface area contributed by atoms with Crippen LogP contribution in [-0.2, 0) is 20.9 Å². The van der Waals surface area contributed by atoms with E-state index in [2.05, 4.69) is 22.6 Å². The Hall–Kier alpha value is -3.17. The summed E-state index contributed by atoms with van der Waals surface area (Å²) in [7, 11) is 0. The summed E-state index contributed by atoms with van der Waals surface area (Å²) in [6, 6.07) is 23.1. The molecule has 2 amide bonds. The van der Waals surface area contributed by atoms with E-state index in [0.29, 0.717) is 5.56 Å². The summed E-state index contributed by atoms with van der Waals surface area (Å²) in [6.07, 6.45) is -0.888. The number of benzene rings is 3. The van der Waals surface area contributed by atoms with E-state index in [9.17, 15) is 19.2 Å². The number of Topliss-reactive ketones (excluding diaryl/α,β-unsaturated/α-hetero) is 2. The molecule has 3 atom stereocenters. The van der Waals surface area contributed by atoms with Gasteiger partial charge in [0.15, 0.2) is 0 Å². The summed E-state index contributed by atoms with van der Waals surface area (Å²) in [6.45, 7) is 0.0797. The molecule has 2 saturated heterocycles. The lowest BCUT2D eigenvalue weighted by Gasteiger charge is -2.27. The Morgan fingerprint density at radius 2 is 1.35 bits per heavy atom. The number of fused-ring (bicyclic) bond motifs is 3. The van der Waals surface area contributed by atoms with E-state index in [1.54, 1.807) is 24.3 Å². The Balaban J connectivity index is 1.49. The van der Waals surface area contributed by atoms with Crippen LogP contribution in [0.2, 0.25) is 0 Å². The second-order valence-electron chi connectivity index (χ2n) is 8.78. The number of amides is 2. The molecular weight excluding hydrogens is 545 g/mol. The Kier molecular flexibility index (Phi) is 4.82. The molecule has 0 N–H and O–H groups in total. The number of halogens is 1. The van der Waals surface area contributed by atoms with Crippen molar-refractivity contribution in [2.75, 3.05) is 0 Å². The summed E-state index contributed by atoms with van der Waals surface area (Å²) < 4.78 is 7.27. The van der Waals surface area contributed by atoms with Crippen LogP contribution >= 0.6 is 22.6 Å². The van der Waals surface area contributed by atoms with Gasteiger partial charge in [0.2, 0.25) is 29.0 Å². The zero-order valence-electron chi connectivity index (χ0n) is 17.8. The molecule has 0 aromatic heterocycles. The lowest BCUT2D eigenvalue weighted by molar-refractivity contribution is -0.145. The minimum atomic E-state index is -2.03. The molecule has 168 valence electrons. The molecule has 7 heteroatoms. The first-order valence-corrected chi connectivity index (χ1v) is 12.0. The molecule has 0 radical (unpaired) electrons. The lowest BCUT2D eigenvalue weighted by Crippen LogP contribution is -2.50. The quantitative estimate of drug-likeness (QED) is 0.274. The molecule has 0 unspecified atom stereocenters. The molecule has 1 aliphatic carbocycles. The van der Waals surface area contributed by atoms with E-state index in [1.165, 1.54) is 4.90 Å². The number of hydrogen-bond acceptors (Lipinski definition) is 5. The van der Waals surface area contributed by atoms with Gasteiger partial charge in [0, 0.05) is 14.7 Å². The molecule has 6 nitrogen and oxygen atoms in total. The van der Waals surface area contributed by atoms with Crippen molar-refractivity contribution in [3.63, 3.8) is 0 Å². The molecule has 2 fully saturated rings. The first-order valence-electron chi connectivity index (χ1n) is 10.9. The number of carbonyl (C=O) groups is 4. The fourth-order valence-electron chi connectivity index (χ4n) is 5.45. The predicted molar refractivity (Wildman–Crippen MR) is 130 cm³/mol. The van der Waals surface area contributed by atoms with E-state index in [0.717, 1.165) is 9.13 Å². The van der Waals surface area contributed by atoms with Gasteiger partial charge < -0.3 is 4.74 Å². The van der Waals surface area contributed by atoms with E-state index in [4.69, 9.17) is 4.74 Å². The largest absolute Gasteiger partial charge is 0.349 e. The van der Waals surface area contributed by atoms with Gasteiger partial charge in [-0.25, -0.2) is 0 Å². The molecule has 3 aromatic rings. The van der Waals surface area contributed by atoms with Gasteiger partial charge in [0.1, 0.15) is 0 Å². The third kappa shape index (κ3) is 2.83. The highest BCUT2D eigenvalue weighted by atomic mass is 127. The molecule has 0 bridgehead atoms. The summed E-state index contributed by atoms with van der Waals surface area (Å²) in [5.41, 5.74) is -0.114. The monoisotopic (exact) mass is 563 g/mol. The lowest BCUT2D eigenvalue weighted by atomic mass is 9.77. The molecular formula is C27H18INO5. The maximum Gasteiger partial charge on any atom is 0.237 e. The summed E-state index contributed by atoms with van der Waals surface area (Å²) in [5.74, 6) is -4.21. The van der Waals surface area contributed by atoms with Crippen LogP contribution in [0.15, 0.2) is 78.9 Å². The van der Waals surface area contributed by atoms with Crippen molar-refractivity contribution >= 4 is 46.0 Å². The van der Waals surface area contributed by atoms with Gasteiger partial charge in [-0.3, -0.25) is 24.1 Å². The van der Waals surface area contributed by atoms with Gasteiger partial charge >= 0.3 is 0 Å². The highest BCUT2D eigenvalue weighted by molar-refractivity contribution is 14.1. The second kappa shape index (κ2) is 7.68. The van der Waals surface area contributed by atoms with Gasteiger partial charge in [0.05, 0.1) is 24.5 Å². The average Bonchev–Trinajstić information content (AvgIpc) is 3.41. The zero-order chi connectivity index (χ0) is 23.6. The smallest absolute Gasteiger partial charge is 0.237 e. The highest BCUT2D eigenvalue weighted by Crippen LogP contribution is 2.57. The SMILES string of the molecule is O=C1[C@@H]2[C@H](c3ccc(I)cc3)OC3(C(=O)c4ccccc4C3=O)[C@H]2C(=O)N1Cc1ccccc1. The third-order valence-corrected chi connectivity index (χ3v) is 7.71. The van der Waals surface area contributed by atoms with Crippen molar-refractivity contribution in [2.45, 2.75) is 18.2 Å². The van der Waals surface area contributed by atoms with E-state index < -0.39 is 46.9 Å². The number of likely N-dealkylation sites (tertiary alicyclic amines) is 1. The van der Waals surface area contributed by atoms with E-state index in [1.807, 2.05) is 54.6 Å². The number of imide groups is 1. The number of ether oxygens (including phenoxy) is 1. The molecule has 2 aliphatic heterocycles. The van der Waals surface area contributed by atoms with Crippen molar-refractivity contribution in [1.29, 1.82) is 0 Å². The van der Waals surface area contributed by atoms with Crippen LogP contribution in [0.5, 0.6) is 0 Å². The van der Waals surface area contributed by atoms with Crippen molar-refractivity contribution < 1.29 is 23.9 Å². The normalized spacial score (nSPS) is 24.7. The summed E-state index contributed by atoms with van der Waals surface area (Å²) >= 11 is 2.17. The fourth-order valence-corrected chi connectivity index (χ4v) is 5.81. The Labute approximate surface area is 209 Å². The van der Waals surface area contributed by atoms with Crippen LogP contribution in [0.25, 0.3) is 0 Å². The van der Waals surface area contributed by atoms with Crippen LogP contribution in [0, 0.1) is 15.4 Å². The van der Waals surface area contributed by atoms with Crippen LogP contribution in [0.3, 0.4) is 0 Å². The zero-order valence-corrected chi connectivity index (χ0v) is 20.0. The standard InChI is InChI=1S/C27H18INO5/c28-17-12-10-16(11-13-17)22-20-21(26(33)29(25(20)32)14-15-6-2-1-3-7-15)27(34-22)23(30)18-8-4-5-9-19(18)24(27)31/h1-13,20-22H,14H2/t20-,21+,22-/m0/s1. The molecule has 2 heterocycles. The third-order valence-electron chi connectivity index (χ3n) is 6.99. The Morgan fingerprint density at radius 1 is 0.765 bits per heavy atom. The molecule has 3 aromatic carbocycles. The molecule has 6 rings (SSSR count). The van der Waals surface area contributed by atoms with E-state index in [-0.39, 0.29) is 17.7 Å². The summed E-state index contributed by atoms with van der Waals surface area (Å²) in [5, 5.41) is 0. The van der Waals surface area contributed by atoms with Gasteiger partial charge in [-0.15, -0.1) is 0 Å². The predicted octanol–water partition coefficient (Wildman–Crippen LogP) is 3.98. The number of hydrogen-bond donors (Lipinski definition) is 0. The van der Waals surface area contributed by atoms with Crippen LogP contribution in [-0.4, -0.2) is 33.9 Å². The molecule has 3 aliphatic rings. The Morgan fingerprint density at radius 3 is 1.97 bits per heavy atom. The maximum absolute atomic E-state index is 13.8. The highest BCUT2D eigenvalue weighted by Gasteiger charge is 2.74. The van der Waals surface area contributed by atoms with Crippen molar-refractivity contribution in [3.05, 3.63) is 105 Å². The van der Waals surface area contributed by atoms with Gasteiger partial charge in [-0.1, -0.05) is 66.7 Å². The van der Waals surface area contributed by atoms with Crippen molar-refractivity contribution in [1.82, 2.24) is 4.90 Å². The number of rotatable bonds is 3. The average molecular weight is 563 g/mol. The number of ketones is 2. The van der Waals surface area contributed by atoms with Crippen LogP contribution < -0.4 is 0 Å². The van der Waals surface area contributed by atoms with Gasteiger partial charge in [0.25, 0.3) is 0 Å². The molecule has 34 heavy (non-hydrogen) atoms. The van der Waals surface area contributed by atoms with Crippen molar-refractivity contribution in [3.8, 4) is 0 Å². The first kappa shape index (κ1) is 21.4. The number of carbonyl (C=O) groups excluding carboxylic acids is 4. The molecule has 1 spiro atoms.